The molecule has 2 fully saturated rings. The lowest BCUT2D eigenvalue weighted by Gasteiger charge is -2.41. The van der Waals surface area contributed by atoms with Gasteiger partial charge >= 0.3 is 0 Å². The first kappa shape index (κ1) is 14.3. The molecule has 3 rings (SSSR count). The van der Waals surface area contributed by atoms with E-state index in [2.05, 4.69) is 9.80 Å². The van der Waals surface area contributed by atoms with Crippen LogP contribution in [0.15, 0.2) is 18.2 Å². The molecule has 2 aliphatic heterocycles. The highest BCUT2D eigenvalue weighted by Crippen LogP contribution is 2.29. The second kappa shape index (κ2) is 5.98. The Balaban J connectivity index is 1.79. The number of benzene rings is 1. The molecule has 3 nitrogen and oxygen atoms in total. The Morgan fingerprint density at radius 1 is 1.35 bits per heavy atom. The molecule has 1 aromatic carbocycles. The standard InChI is InChI=1S/C15H21ClFN3/c16-11-3-4-13(14(17)8-11)15(9-18)20-7-6-19-5-1-2-12(19)10-20/h3-4,8,12,15H,1-2,5-7,9-10,18H2. The fourth-order valence-electron chi connectivity index (χ4n) is 3.54. The largest absolute Gasteiger partial charge is 0.329 e. The summed E-state index contributed by atoms with van der Waals surface area (Å²) in [5, 5.41) is 0.433. The molecule has 0 aromatic heterocycles. The van der Waals surface area contributed by atoms with E-state index in [1.807, 2.05) is 0 Å². The normalized spacial score (nSPS) is 25.6. The van der Waals surface area contributed by atoms with Gasteiger partial charge in [0.25, 0.3) is 0 Å². The molecule has 2 atom stereocenters. The third kappa shape index (κ3) is 2.70. The number of nitrogens with zero attached hydrogens (tertiary/aromatic N) is 2. The third-order valence-electron chi connectivity index (χ3n) is 4.60. The van der Waals surface area contributed by atoms with Crippen LogP contribution in [0.5, 0.6) is 0 Å². The fourth-order valence-corrected chi connectivity index (χ4v) is 3.70. The van der Waals surface area contributed by atoms with E-state index in [0.29, 0.717) is 23.2 Å². The minimum Gasteiger partial charge on any atom is -0.329 e. The van der Waals surface area contributed by atoms with Gasteiger partial charge in [0.1, 0.15) is 5.82 Å². The van der Waals surface area contributed by atoms with Crippen LogP contribution in [0.3, 0.4) is 0 Å². The lowest BCUT2D eigenvalue weighted by atomic mass is 10.0. The summed E-state index contributed by atoms with van der Waals surface area (Å²) in [6.45, 7) is 4.66. The van der Waals surface area contributed by atoms with Crippen LogP contribution in [0.25, 0.3) is 0 Å². The van der Waals surface area contributed by atoms with Gasteiger partial charge in [0.05, 0.1) is 6.04 Å². The SMILES string of the molecule is NCC(c1ccc(Cl)cc1F)N1CCN2CCCC2C1. The van der Waals surface area contributed by atoms with Crippen LogP contribution in [0.1, 0.15) is 24.4 Å². The summed E-state index contributed by atoms with van der Waals surface area (Å²) in [5.41, 5.74) is 6.59. The number of nitrogens with two attached hydrogens (primary N) is 1. The summed E-state index contributed by atoms with van der Waals surface area (Å²) >= 11 is 5.83. The summed E-state index contributed by atoms with van der Waals surface area (Å²) in [4.78, 5) is 4.88. The van der Waals surface area contributed by atoms with E-state index in [9.17, 15) is 4.39 Å². The third-order valence-corrected chi connectivity index (χ3v) is 4.84. The Labute approximate surface area is 124 Å². The maximum Gasteiger partial charge on any atom is 0.129 e. The fraction of sp³-hybridized carbons (Fsp3) is 0.600. The van der Waals surface area contributed by atoms with Crippen molar-refractivity contribution in [2.24, 2.45) is 5.73 Å². The molecule has 1 aromatic rings. The van der Waals surface area contributed by atoms with Gasteiger partial charge in [-0.1, -0.05) is 17.7 Å². The number of piperazine rings is 1. The monoisotopic (exact) mass is 297 g/mol. The van der Waals surface area contributed by atoms with Gasteiger partial charge < -0.3 is 5.73 Å². The molecule has 0 saturated carbocycles. The molecule has 2 aliphatic rings. The van der Waals surface area contributed by atoms with Crippen LogP contribution in [-0.2, 0) is 0 Å². The number of hydrogen-bond donors (Lipinski definition) is 1. The van der Waals surface area contributed by atoms with E-state index in [1.165, 1.54) is 25.5 Å². The van der Waals surface area contributed by atoms with E-state index in [1.54, 1.807) is 12.1 Å². The van der Waals surface area contributed by atoms with Crippen molar-refractivity contribution in [3.8, 4) is 0 Å². The topological polar surface area (TPSA) is 32.5 Å². The van der Waals surface area contributed by atoms with Gasteiger partial charge in [-0.15, -0.1) is 0 Å². The van der Waals surface area contributed by atoms with Crippen molar-refractivity contribution in [2.75, 3.05) is 32.7 Å². The van der Waals surface area contributed by atoms with Crippen LogP contribution >= 0.6 is 11.6 Å². The van der Waals surface area contributed by atoms with Crippen molar-refractivity contribution in [3.63, 3.8) is 0 Å². The second-order valence-electron chi connectivity index (χ2n) is 5.74. The van der Waals surface area contributed by atoms with Crippen molar-refractivity contribution in [3.05, 3.63) is 34.6 Å². The molecule has 20 heavy (non-hydrogen) atoms. The van der Waals surface area contributed by atoms with Gasteiger partial charge in [0.2, 0.25) is 0 Å². The van der Waals surface area contributed by atoms with Gasteiger partial charge in [0, 0.05) is 42.8 Å². The van der Waals surface area contributed by atoms with Crippen molar-refractivity contribution < 1.29 is 4.39 Å². The van der Waals surface area contributed by atoms with E-state index >= 15 is 0 Å². The van der Waals surface area contributed by atoms with Crippen LogP contribution in [-0.4, -0.2) is 48.6 Å². The molecule has 0 radical (unpaired) electrons. The minimum absolute atomic E-state index is 0.0463. The Hall–Kier alpha value is -0.680. The van der Waals surface area contributed by atoms with Gasteiger partial charge in [-0.25, -0.2) is 4.39 Å². The zero-order valence-corrected chi connectivity index (χ0v) is 12.3. The van der Waals surface area contributed by atoms with Gasteiger partial charge in [-0.2, -0.15) is 0 Å². The highest BCUT2D eigenvalue weighted by atomic mass is 35.5. The molecule has 2 unspecified atom stereocenters. The molecule has 2 N–H and O–H groups in total. The second-order valence-corrected chi connectivity index (χ2v) is 6.18. The highest BCUT2D eigenvalue weighted by molar-refractivity contribution is 6.30. The van der Waals surface area contributed by atoms with E-state index in [4.69, 9.17) is 17.3 Å². The average Bonchev–Trinajstić information content (AvgIpc) is 2.89. The number of fused-ring (bicyclic) bond motifs is 1. The van der Waals surface area contributed by atoms with Crippen LogP contribution in [0.2, 0.25) is 5.02 Å². The Bertz CT molecular complexity index is 482. The molecule has 0 aliphatic carbocycles. The summed E-state index contributed by atoms with van der Waals surface area (Å²) in [6, 6.07) is 5.47. The van der Waals surface area contributed by atoms with Gasteiger partial charge in [-0.05, 0) is 31.5 Å². The molecule has 110 valence electrons. The maximum atomic E-state index is 14.1. The van der Waals surface area contributed by atoms with E-state index < -0.39 is 0 Å². The predicted octanol–water partition coefficient (Wildman–Crippen LogP) is 2.26. The first-order chi connectivity index (χ1) is 9.69. The van der Waals surface area contributed by atoms with Crippen molar-refractivity contribution in [1.82, 2.24) is 9.80 Å². The molecular formula is C15H21ClFN3. The molecule has 0 amide bonds. The maximum absolute atomic E-state index is 14.1. The summed E-state index contributed by atoms with van der Waals surface area (Å²) in [6.07, 6.45) is 2.53. The summed E-state index contributed by atoms with van der Waals surface area (Å²) < 4.78 is 14.1. The minimum atomic E-state index is -0.248. The molecule has 0 bridgehead atoms. The molecular weight excluding hydrogens is 277 g/mol. The van der Waals surface area contributed by atoms with Crippen LogP contribution in [0, 0.1) is 5.82 Å². The van der Waals surface area contributed by atoms with Crippen molar-refractivity contribution in [1.29, 1.82) is 0 Å². The Morgan fingerprint density at radius 2 is 2.20 bits per heavy atom. The lowest BCUT2D eigenvalue weighted by molar-refractivity contribution is 0.0725. The van der Waals surface area contributed by atoms with Gasteiger partial charge in [-0.3, -0.25) is 9.80 Å². The highest BCUT2D eigenvalue weighted by Gasteiger charge is 2.34. The molecule has 5 heteroatoms. The Morgan fingerprint density at radius 3 is 2.95 bits per heavy atom. The zero-order valence-electron chi connectivity index (χ0n) is 11.6. The quantitative estimate of drug-likeness (QED) is 0.929. The lowest BCUT2D eigenvalue weighted by Crippen LogP contribution is -2.52. The van der Waals surface area contributed by atoms with E-state index in [0.717, 1.165) is 19.6 Å². The van der Waals surface area contributed by atoms with Gasteiger partial charge in [0.15, 0.2) is 0 Å². The Kier molecular flexibility index (Phi) is 4.26. The van der Waals surface area contributed by atoms with Crippen molar-refractivity contribution >= 4 is 11.6 Å². The first-order valence-corrected chi connectivity index (χ1v) is 7.70. The molecule has 2 heterocycles. The van der Waals surface area contributed by atoms with Crippen LogP contribution < -0.4 is 5.73 Å². The van der Waals surface area contributed by atoms with Crippen LogP contribution in [0.4, 0.5) is 4.39 Å². The average molecular weight is 298 g/mol. The van der Waals surface area contributed by atoms with E-state index in [-0.39, 0.29) is 11.9 Å². The number of hydrogen-bond acceptors (Lipinski definition) is 3. The predicted molar refractivity (Wildman–Crippen MR) is 79.4 cm³/mol. The smallest absolute Gasteiger partial charge is 0.129 e. The summed E-state index contributed by atoms with van der Waals surface area (Å²) in [7, 11) is 0. The zero-order chi connectivity index (χ0) is 14.1. The molecule has 0 spiro atoms. The number of rotatable bonds is 3. The molecule has 2 saturated heterocycles. The summed E-state index contributed by atoms with van der Waals surface area (Å²) in [5.74, 6) is -0.248. The number of halogens is 2. The van der Waals surface area contributed by atoms with Crippen molar-refractivity contribution in [2.45, 2.75) is 24.9 Å². The first-order valence-electron chi connectivity index (χ1n) is 7.32.